The number of fused-ring (bicyclic) bond motifs is 1. The predicted octanol–water partition coefficient (Wildman–Crippen LogP) is 1.03. The van der Waals surface area contributed by atoms with Crippen molar-refractivity contribution < 1.29 is 34.1 Å². The zero-order valence-corrected chi connectivity index (χ0v) is 20.6. The molecule has 34 heavy (non-hydrogen) atoms. The number of amides is 1. The van der Waals surface area contributed by atoms with E-state index in [1.54, 1.807) is 25.4 Å². The number of likely N-dealkylation sites (tertiary alicyclic amines) is 1. The van der Waals surface area contributed by atoms with Crippen LogP contribution in [0.3, 0.4) is 0 Å². The van der Waals surface area contributed by atoms with Gasteiger partial charge in [-0.05, 0) is 50.9 Å². The molecule has 3 rings (SSSR count). The van der Waals surface area contributed by atoms with Crippen molar-refractivity contribution in [3.8, 4) is 5.75 Å². The molecule has 192 valence electrons. The van der Waals surface area contributed by atoms with Crippen molar-refractivity contribution in [3.05, 3.63) is 24.0 Å². The van der Waals surface area contributed by atoms with Crippen molar-refractivity contribution in [3.63, 3.8) is 0 Å². The molecule has 2 fully saturated rings. The first-order chi connectivity index (χ1) is 16.0. The second-order valence-corrected chi connectivity index (χ2v) is 8.53. The molecule has 1 aromatic heterocycles. The summed E-state index contributed by atoms with van der Waals surface area (Å²) in [6.07, 6.45) is 3.90. The summed E-state index contributed by atoms with van der Waals surface area (Å²) in [4.78, 5) is 39.5. The van der Waals surface area contributed by atoms with Crippen LogP contribution in [0.25, 0.3) is 0 Å². The van der Waals surface area contributed by atoms with Crippen LogP contribution in [0.2, 0.25) is 0 Å². The van der Waals surface area contributed by atoms with Crippen LogP contribution >= 0.6 is 0 Å². The standard InChI is InChI=1S/C19H30N4O3.2C2H4O2/c1-22(2)15-9-13-11-23(12-14(13)10-17(15)25-3)19(24)18-16(26-8-6-20)5-4-7-21-18;2*1-2(3)4/h4-5,7,13-15,17H,6,8-12,20H2,1-3H3;2*1H3,(H,3,4)/t13-,14+,15-,17-;;/m1../s1. The maximum atomic E-state index is 13.1. The summed E-state index contributed by atoms with van der Waals surface area (Å²) in [5.74, 6) is -0.215. The second kappa shape index (κ2) is 14.5. The molecule has 0 bridgehead atoms. The van der Waals surface area contributed by atoms with Gasteiger partial charge >= 0.3 is 0 Å². The molecule has 2 heterocycles. The summed E-state index contributed by atoms with van der Waals surface area (Å²) in [5, 5.41) is 14.8. The molecular formula is C23H38N4O7. The predicted molar refractivity (Wildman–Crippen MR) is 126 cm³/mol. The molecule has 4 atom stereocenters. The van der Waals surface area contributed by atoms with Gasteiger partial charge in [0.25, 0.3) is 17.8 Å². The molecule has 11 heteroatoms. The van der Waals surface area contributed by atoms with Crippen LogP contribution in [0, 0.1) is 11.8 Å². The van der Waals surface area contributed by atoms with Gasteiger partial charge in [0.2, 0.25) is 0 Å². The molecule has 1 aliphatic carbocycles. The number of aliphatic carboxylic acids is 2. The Bertz CT molecular complexity index is 785. The van der Waals surface area contributed by atoms with E-state index in [4.69, 9.17) is 35.0 Å². The minimum atomic E-state index is -0.833. The first-order valence-corrected chi connectivity index (χ1v) is 11.2. The number of carboxylic acids is 2. The van der Waals surface area contributed by atoms with Crippen LogP contribution in [0.1, 0.15) is 37.2 Å². The van der Waals surface area contributed by atoms with Gasteiger partial charge < -0.3 is 35.2 Å². The zero-order valence-electron chi connectivity index (χ0n) is 20.6. The number of carbonyl (C=O) groups excluding carboxylic acids is 1. The fraction of sp³-hybridized carbons (Fsp3) is 0.652. The highest BCUT2D eigenvalue weighted by Gasteiger charge is 2.44. The molecule has 0 radical (unpaired) electrons. The van der Waals surface area contributed by atoms with E-state index in [0.29, 0.717) is 42.5 Å². The number of hydrogen-bond acceptors (Lipinski definition) is 8. The van der Waals surface area contributed by atoms with E-state index in [-0.39, 0.29) is 12.0 Å². The van der Waals surface area contributed by atoms with Gasteiger partial charge in [0.15, 0.2) is 11.4 Å². The van der Waals surface area contributed by atoms with E-state index in [2.05, 4.69) is 24.0 Å². The minimum absolute atomic E-state index is 0.0533. The molecule has 1 amide bonds. The number of likely N-dealkylation sites (N-methyl/N-ethyl adjacent to an activating group) is 1. The largest absolute Gasteiger partial charge is 0.490 e. The molecule has 1 saturated carbocycles. The Morgan fingerprint density at radius 3 is 2.21 bits per heavy atom. The number of pyridine rings is 1. The highest BCUT2D eigenvalue weighted by molar-refractivity contribution is 5.95. The van der Waals surface area contributed by atoms with Crippen LogP contribution in [0.5, 0.6) is 5.75 Å². The lowest BCUT2D eigenvalue weighted by molar-refractivity contribution is -0.135. The van der Waals surface area contributed by atoms with Gasteiger partial charge in [-0.3, -0.25) is 14.4 Å². The van der Waals surface area contributed by atoms with E-state index >= 15 is 0 Å². The first kappa shape index (κ1) is 29.3. The van der Waals surface area contributed by atoms with Crippen molar-refractivity contribution in [2.24, 2.45) is 17.6 Å². The summed E-state index contributed by atoms with van der Waals surface area (Å²) < 4.78 is 11.3. The third kappa shape index (κ3) is 9.24. The van der Waals surface area contributed by atoms with Gasteiger partial charge in [0.05, 0.1) is 6.10 Å². The third-order valence-corrected chi connectivity index (χ3v) is 5.69. The average Bonchev–Trinajstić information content (AvgIpc) is 3.18. The van der Waals surface area contributed by atoms with Gasteiger partial charge in [-0.25, -0.2) is 4.98 Å². The number of carboxylic acid groups (broad SMARTS) is 2. The molecular weight excluding hydrogens is 444 g/mol. The van der Waals surface area contributed by atoms with Crippen molar-refractivity contribution in [2.45, 2.75) is 38.8 Å². The number of hydrogen-bond donors (Lipinski definition) is 3. The van der Waals surface area contributed by atoms with Gasteiger partial charge in [0.1, 0.15) is 6.61 Å². The summed E-state index contributed by atoms with van der Waals surface area (Å²) >= 11 is 0. The normalized spacial score (nSPS) is 23.1. The molecule has 0 aromatic carbocycles. The van der Waals surface area contributed by atoms with Crippen molar-refractivity contribution in [1.29, 1.82) is 0 Å². The van der Waals surface area contributed by atoms with E-state index in [9.17, 15) is 4.79 Å². The van der Waals surface area contributed by atoms with Crippen molar-refractivity contribution in [1.82, 2.24) is 14.8 Å². The van der Waals surface area contributed by atoms with Gasteiger partial charge in [0, 0.05) is 52.8 Å². The third-order valence-electron chi connectivity index (χ3n) is 5.69. The fourth-order valence-corrected chi connectivity index (χ4v) is 4.34. The van der Waals surface area contributed by atoms with E-state index in [0.717, 1.165) is 39.8 Å². The Hall–Kier alpha value is -2.76. The Morgan fingerprint density at radius 2 is 1.71 bits per heavy atom. The summed E-state index contributed by atoms with van der Waals surface area (Å²) in [7, 11) is 5.99. The molecule has 1 aromatic rings. The van der Waals surface area contributed by atoms with Crippen LogP contribution in [0.4, 0.5) is 0 Å². The summed E-state index contributed by atoms with van der Waals surface area (Å²) in [5.41, 5.74) is 5.89. The quantitative estimate of drug-likeness (QED) is 0.535. The van der Waals surface area contributed by atoms with Crippen molar-refractivity contribution in [2.75, 3.05) is 47.4 Å². The SMILES string of the molecule is CC(=O)O.CC(=O)O.CO[C@@H]1C[C@H]2CN(C(=O)c3ncccc3OCCN)C[C@H]2C[C@H]1N(C)C. The fourth-order valence-electron chi connectivity index (χ4n) is 4.34. The Labute approximate surface area is 200 Å². The van der Waals surface area contributed by atoms with E-state index < -0.39 is 11.9 Å². The zero-order chi connectivity index (χ0) is 25.8. The highest BCUT2D eigenvalue weighted by Crippen LogP contribution is 2.39. The maximum Gasteiger partial charge on any atom is 0.300 e. The lowest BCUT2D eigenvalue weighted by atomic mass is 9.77. The Morgan fingerprint density at radius 1 is 1.15 bits per heavy atom. The number of ether oxygens (including phenoxy) is 2. The lowest BCUT2D eigenvalue weighted by Gasteiger charge is -2.40. The van der Waals surface area contributed by atoms with Gasteiger partial charge in [-0.2, -0.15) is 0 Å². The van der Waals surface area contributed by atoms with E-state index in [1.165, 1.54) is 0 Å². The van der Waals surface area contributed by atoms with Gasteiger partial charge in [-0.15, -0.1) is 0 Å². The highest BCUT2D eigenvalue weighted by atomic mass is 16.5. The second-order valence-electron chi connectivity index (χ2n) is 8.53. The first-order valence-electron chi connectivity index (χ1n) is 11.2. The number of rotatable bonds is 6. The van der Waals surface area contributed by atoms with Crippen molar-refractivity contribution >= 4 is 17.8 Å². The van der Waals surface area contributed by atoms with Gasteiger partial charge in [-0.1, -0.05) is 0 Å². The maximum absolute atomic E-state index is 13.1. The molecule has 1 aliphatic heterocycles. The van der Waals surface area contributed by atoms with E-state index in [1.807, 2.05) is 4.90 Å². The van der Waals surface area contributed by atoms with Crippen LogP contribution in [-0.4, -0.2) is 102 Å². The van der Waals surface area contributed by atoms with Crippen LogP contribution < -0.4 is 10.5 Å². The number of nitrogens with zero attached hydrogens (tertiary/aromatic N) is 3. The van der Waals surface area contributed by atoms with Crippen LogP contribution in [-0.2, 0) is 14.3 Å². The molecule has 4 N–H and O–H groups in total. The van der Waals surface area contributed by atoms with Crippen LogP contribution in [0.15, 0.2) is 18.3 Å². The molecule has 11 nitrogen and oxygen atoms in total. The Balaban J connectivity index is 0.000000629. The lowest BCUT2D eigenvalue weighted by Crippen LogP contribution is -2.47. The monoisotopic (exact) mass is 482 g/mol. The minimum Gasteiger partial charge on any atom is -0.490 e. The average molecular weight is 483 g/mol. The topological polar surface area (TPSA) is 156 Å². The number of aromatic nitrogens is 1. The Kier molecular flexibility index (Phi) is 12.5. The number of nitrogens with two attached hydrogens (primary N) is 1. The molecule has 0 spiro atoms. The molecule has 0 unspecified atom stereocenters. The smallest absolute Gasteiger partial charge is 0.300 e. The number of methoxy groups -OCH3 is 1. The number of carbonyl (C=O) groups is 3. The summed E-state index contributed by atoms with van der Waals surface area (Å²) in [6.45, 7) is 4.48. The summed E-state index contributed by atoms with van der Waals surface area (Å²) in [6, 6.07) is 3.95. The molecule has 1 saturated heterocycles. The molecule has 2 aliphatic rings.